The van der Waals surface area contributed by atoms with Crippen molar-refractivity contribution in [3.63, 3.8) is 0 Å². The molecule has 2 nitrogen and oxygen atoms in total. The summed E-state index contributed by atoms with van der Waals surface area (Å²) in [4.78, 5) is 10.9. The van der Waals surface area contributed by atoms with Crippen molar-refractivity contribution < 1.29 is 9.53 Å². The lowest BCUT2D eigenvalue weighted by Crippen LogP contribution is -2.11. The fourth-order valence-electron chi connectivity index (χ4n) is 2.47. The van der Waals surface area contributed by atoms with Crippen LogP contribution in [0.3, 0.4) is 0 Å². The summed E-state index contributed by atoms with van der Waals surface area (Å²) >= 11 is 3.50. The average molecular weight is 383 g/mol. The minimum absolute atomic E-state index is 0.0681. The van der Waals surface area contributed by atoms with Gasteiger partial charge < -0.3 is 4.74 Å². The Hall–Kier alpha value is -0.670. The molecule has 0 amide bonds. The highest BCUT2D eigenvalue weighted by atomic mass is 79.9. The van der Waals surface area contributed by atoms with Gasteiger partial charge in [-0.15, -0.1) is 0 Å². The largest absolute Gasteiger partial charge is 0.365 e. The van der Waals surface area contributed by atoms with Crippen molar-refractivity contribution in [3.05, 3.63) is 34.9 Å². The molecule has 0 aromatic carbocycles. The molecule has 1 fully saturated rings. The number of hydrogen-bond donors (Lipinski definition) is 0. The molecule has 130 valence electrons. The standard InChI is InChI=1S/C20H31BrO2/c1-15(2)18(13-22)11-9-16(3)7-6-8-17(4)10-12-19-20(5,14-21)23-19/h8-9,11,13,15,19H,6-7,10,12,14H2,1-5H3/b16-9+,17-8+,18-11+/t19-,20+/m0/s1. The van der Waals surface area contributed by atoms with E-state index in [1.54, 1.807) is 0 Å². The Bertz CT molecular complexity index is 488. The minimum atomic E-state index is 0.0681. The van der Waals surface area contributed by atoms with Crippen molar-refractivity contribution in [1.82, 2.24) is 0 Å². The third kappa shape index (κ3) is 7.17. The lowest BCUT2D eigenvalue weighted by molar-refractivity contribution is -0.105. The number of hydrogen-bond acceptors (Lipinski definition) is 2. The van der Waals surface area contributed by atoms with E-state index in [-0.39, 0.29) is 11.5 Å². The van der Waals surface area contributed by atoms with Crippen molar-refractivity contribution in [2.24, 2.45) is 5.92 Å². The van der Waals surface area contributed by atoms with Gasteiger partial charge in [0.25, 0.3) is 0 Å². The monoisotopic (exact) mass is 382 g/mol. The van der Waals surface area contributed by atoms with E-state index in [2.05, 4.69) is 48.9 Å². The lowest BCUT2D eigenvalue weighted by Gasteiger charge is -2.03. The Kier molecular flexibility index (Phi) is 8.49. The number of rotatable bonds is 10. The Morgan fingerprint density at radius 2 is 1.91 bits per heavy atom. The van der Waals surface area contributed by atoms with Crippen LogP contribution < -0.4 is 0 Å². The van der Waals surface area contributed by atoms with Crippen LogP contribution in [-0.4, -0.2) is 23.3 Å². The van der Waals surface area contributed by atoms with E-state index in [0.717, 1.165) is 42.9 Å². The molecule has 0 N–H and O–H groups in total. The molecule has 1 rings (SSSR count). The van der Waals surface area contributed by atoms with E-state index in [0.29, 0.717) is 6.10 Å². The summed E-state index contributed by atoms with van der Waals surface area (Å²) in [5.41, 5.74) is 3.68. The fourth-order valence-corrected chi connectivity index (χ4v) is 2.96. The summed E-state index contributed by atoms with van der Waals surface area (Å²) in [7, 11) is 0. The molecule has 0 bridgehead atoms. The Balaban J connectivity index is 2.32. The van der Waals surface area contributed by atoms with E-state index in [9.17, 15) is 4.79 Å². The molecular formula is C20H31BrO2. The van der Waals surface area contributed by atoms with Crippen molar-refractivity contribution in [1.29, 1.82) is 0 Å². The zero-order chi connectivity index (χ0) is 17.5. The molecule has 1 aliphatic rings. The van der Waals surface area contributed by atoms with E-state index in [1.807, 2.05) is 19.9 Å². The number of ether oxygens (including phenoxy) is 1. The molecule has 0 aromatic rings. The molecule has 0 radical (unpaired) electrons. The van der Waals surface area contributed by atoms with E-state index in [4.69, 9.17) is 4.74 Å². The molecule has 0 aromatic heterocycles. The van der Waals surface area contributed by atoms with Gasteiger partial charge in [0.2, 0.25) is 0 Å². The van der Waals surface area contributed by atoms with Gasteiger partial charge in [0, 0.05) is 5.33 Å². The molecular weight excluding hydrogens is 352 g/mol. The predicted octanol–water partition coefficient (Wildman–Crippen LogP) is 5.77. The molecule has 0 spiro atoms. The second kappa shape index (κ2) is 9.58. The first-order valence-corrected chi connectivity index (χ1v) is 9.66. The third-order valence-corrected chi connectivity index (χ3v) is 5.61. The summed E-state index contributed by atoms with van der Waals surface area (Å²) in [6.45, 7) is 10.6. The number of allylic oxidation sites excluding steroid dienone is 6. The van der Waals surface area contributed by atoms with Gasteiger partial charge >= 0.3 is 0 Å². The molecule has 1 heterocycles. The fraction of sp³-hybridized carbons (Fsp3) is 0.650. The Morgan fingerprint density at radius 3 is 2.43 bits per heavy atom. The molecule has 0 aliphatic carbocycles. The maximum atomic E-state index is 10.9. The highest BCUT2D eigenvalue weighted by Gasteiger charge is 2.50. The summed E-state index contributed by atoms with van der Waals surface area (Å²) in [5.74, 6) is 0.286. The summed E-state index contributed by atoms with van der Waals surface area (Å²) in [6.07, 6.45) is 12.0. The zero-order valence-corrected chi connectivity index (χ0v) is 16.8. The van der Waals surface area contributed by atoms with Crippen LogP contribution >= 0.6 is 15.9 Å². The third-order valence-electron chi connectivity index (χ3n) is 4.50. The van der Waals surface area contributed by atoms with Gasteiger partial charge in [-0.05, 0) is 57.9 Å². The highest BCUT2D eigenvalue weighted by molar-refractivity contribution is 9.09. The van der Waals surface area contributed by atoms with Crippen LogP contribution in [0.1, 0.15) is 60.3 Å². The average Bonchev–Trinajstić information content (AvgIpc) is 3.17. The van der Waals surface area contributed by atoms with Gasteiger partial charge in [-0.3, -0.25) is 4.79 Å². The molecule has 1 saturated heterocycles. The number of alkyl halides is 1. The second-order valence-electron chi connectivity index (χ2n) is 7.13. The first-order chi connectivity index (χ1) is 10.8. The van der Waals surface area contributed by atoms with Gasteiger partial charge in [-0.25, -0.2) is 0 Å². The highest BCUT2D eigenvalue weighted by Crippen LogP contribution is 2.41. The molecule has 1 aliphatic heterocycles. The number of halogens is 1. The first kappa shape index (κ1) is 20.4. The summed E-state index contributed by atoms with van der Waals surface area (Å²) in [6, 6.07) is 0. The number of carbonyl (C=O) groups is 1. The van der Waals surface area contributed by atoms with Crippen LogP contribution in [0.4, 0.5) is 0 Å². The topological polar surface area (TPSA) is 29.6 Å². The number of aldehydes is 1. The van der Waals surface area contributed by atoms with E-state index in [1.165, 1.54) is 11.1 Å². The van der Waals surface area contributed by atoms with Gasteiger partial charge in [-0.1, -0.05) is 59.2 Å². The van der Waals surface area contributed by atoms with Gasteiger partial charge in [-0.2, -0.15) is 0 Å². The molecule has 23 heavy (non-hydrogen) atoms. The summed E-state index contributed by atoms with van der Waals surface area (Å²) < 4.78 is 5.71. The van der Waals surface area contributed by atoms with Crippen molar-refractivity contribution in [3.8, 4) is 0 Å². The van der Waals surface area contributed by atoms with Crippen LogP contribution in [0.2, 0.25) is 0 Å². The van der Waals surface area contributed by atoms with E-state index >= 15 is 0 Å². The predicted molar refractivity (Wildman–Crippen MR) is 102 cm³/mol. The van der Waals surface area contributed by atoms with Gasteiger partial charge in [0.15, 0.2) is 0 Å². The lowest BCUT2D eigenvalue weighted by atomic mass is 10.0. The number of carbonyl (C=O) groups excluding carboxylic acids is 1. The number of epoxide rings is 1. The summed E-state index contributed by atoms with van der Waals surface area (Å²) in [5, 5.41) is 0.921. The normalized spacial score (nSPS) is 25.9. The minimum Gasteiger partial charge on any atom is -0.365 e. The maximum absolute atomic E-state index is 10.9. The van der Waals surface area contributed by atoms with Crippen molar-refractivity contribution in [2.45, 2.75) is 72.0 Å². The van der Waals surface area contributed by atoms with Crippen LogP contribution in [-0.2, 0) is 9.53 Å². The smallest absolute Gasteiger partial charge is 0.146 e. The molecule has 2 atom stereocenters. The van der Waals surface area contributed by atoms with Gasteiger partial charge in [0.1, 0.15) is 11.9 Å². The molecule has 0 saturated carbocycles. The maximum Gasteiger partial charge on any atom is 0.146 e. The first-order valence-electron chi connectivity index (χ1n) is 8.54. The van der Waals surface area contributed by atoms with Crippen LogP contribution in [0.25, 0.3) is 0 Å². The zero-order valence-electron chi connectivity index (χ0n) is 15.2. The van der Waals surface area contributed by atoms with Crippen molar-refractivity contribution in [2.75, 3.05) is 5.33 Å². The molecule has 3 heteroatoms. The van der Waals surface area contributed by atoms with Crippen LogP contribution in [0.5, 0.6) is 0 Å². The SMILES string of the molecule is C/C(=C\C=C(/C=O)C(C)C)CC/C=C(\C)CC[C@@H]1O[C@]1(C)CBr. The quantitative estimate of drug-likeness (QED) is 0.120. The Morgan fingerprint density at radius 1 is 1.22 bits per heavy atom. The van der Waals surface area contributed by atoms with E-state index < -0.39 is 0 Å². The second-order valence-corrected chi connectivity index (χ2v) is 7.69. The van der Waals surface area contributed by atoms with Crippen LogP contribution in [0, 0.1) is 5.92 Å². The molecule has 0 unspecified atom stereocenters. The Labute approximate surface area is 150 Å². The van der Waals surface area contributed by atoms with Crippen molar-refractivity contribution >= 4 is 22.2 Å². The van der Waals surface area contributed by atoms with Gasteiger partial charge in [0.05, 0.1) is 6.10 Å². The van der Waals surface area contributed by atoms with Crippen LogP contribution in [0.15, 0.2) is 34.9 Å².